The molecule has 0 aliphatic rings. The highest BCUT2D eigenvalue weighted by molar-refractivity contribution is 5.92. The molecule has 0 aliphatic carbocycles. The standard InChI is InChI=1S/C15H17N3O2/c1-18(2)13-7-5-12(6-8-13)17-15(19)11-20-14-4-3-9-16-10-14/h3-10H,11H2,1-2H3,(H,17,19). The summed E-state index contributed by atoms with van der Waals surface area (Å²) in [5.74, 6) is 0.372. The van der Waals surface area contributed by atoms with Crippen molar-refractivity contribution in [1.29, 1.82) is 0 Å². The fraction of sp³-hybridized carbons (Fsp3) is 0.200. The largest absolute Gasteiger partial charge is 0.482 e. The number of aromatic nitrogens is 1. The summed E-state index contributed by atoms with van der Waals surface area (Å²) in [6.45, 7) is -0.0406. The number of carbonyl (C=O) groups is 1. The van der Waals surface area contributed by atoms with Crippen LogP contribution in [0, 0.1) is 0 Å². The van der Waals surface area contributed by atoms with Gasteiger partial charge in [-0.2, -0.15) is 0 Å². The molecule has 2 aromatic rings. The van der Waals surface area contributed by atoms with Crippen LogP contribution in [0.3, 0.4) is 0 Å². The van der Waals surface area contributed by atoms with Crippen LogP contribution in [0.5, 0.6) is 5.75 Å². The molecule has 20 heavy (non-hydrogen) atoms. The number of carbonyl (C=O) groups excluding carboxylic acids is 1. The highest BCUT2D eigenvalue weighted by Gasteiger charge is 2.04. The van der Waals surface area contributed by atoms with Gasteiger partial charge in [-0.25, -0.2) is 0 Å². The molecule has 5 nitrogen and oxygen atoms in total. The molecule has 1 aromatic carbocycles. The second kappa shape index (κ2) is 6.56. The predicted molar refractivity (Wildman–Crippen MR) is 79.1 cm³/mol. The van der Waals surface area contributed by atoms with Gasteiger partial charge in [0.25, 0.3) is 5.91 Å². The molecule has 0 aliphatic heterocycles. The summed E-state index contributed by atoms with van der Waals surface area (Å²) < 4.78 is 5.32. The van der Waals surface area contributed by atoms with Gasteiger partial charge in [0.1, 0.15) is 5.75 Å². The minimum absolute atomic E-state index is 0.0406. The third-order valence-electron chi connectivity index (χ3n) is 2.67. The Bertz CT molecular complexity index is 553. The lowest BCUT2D eigenvalue weighted by molar-refractivity contribution is -0.118. The van der Waals surface area contributed by atoms with Crippen LogP contribution in [0.2, 0.25) is 0 Å². The number of hydrogen-bond donors (Lipinski definition) is 1. The van der Waals surface area contributed by atoms with E-state index in [1.54, 1.807) is 24.5 Å². The minimum Gasteiger partial charge on any atom is -0.482 e. The van der Waals surface area contributed by atoms with Gasteiger partial charge in [-0.3, -0.25) is 9.78 Å². The van der Waals surface area contributed by atoms with Gasteiger partial charge < -0.3 is 15.0 Å². The monoisotopic (exact) mass is 271 g/mol. The van der Waals surface area contributed by atoms with Crippen LogP contribution < -0.4 is 15.0 Å². The van der Waals surface area contributed by atoms with Crippen LogP contribution in [0.1, 0.15) is 0 Å². The molecule has 0 spiro atoms. The molecular formula is C15H17N3O2. The lowest BCUT2D eigenvalue weighted by Gasteiger charge is -2.13. The lowest BCUT2D eigenvalue weighted by atomic mass is 10.2. The molecule has 1 aromatic heterocycles. The van der Waals surface area contributed by atoms with Gasteiger partial charge in [0, 0.05) is 31.7 Å². The maximum atomic E-state index is 11.7. The van der Waals surface area contributed by atoms with Crippen molar-refractivity contribution >= 4 is 17.3 Å². The van der Waals surface area contributed by atoms with E-state index in [9.17, 15) is 4.79 Å². The minimum atomic E-state index is -0.202. The molecule has 0 unspecified atom stereocenters. The van der Waals surface area contributed by atoms with E-state index in [1.807, 2.05) is 43.3 Å². The highest BCUT2D eigenvalue weighted by Crippen LogP contribution is 2.15. The number of anilines is 2. The summed E-state index contributed by atoms with van der Waals surface area (Å²) in [4.78, 5) is 17.6. The third kappa shape index (κ3) is 3.98. The zero-order valence-electron chi connectivity index (χ0n) is 11.5. The third-order valence-corrected chi connectivity index (χ3v) is 2.67. The number of benzene rings is 1. The van der Waals surface area contributed by atoms with E-state index in [2.05, 4.69) is 10.3 Å². The van der Waals surface area contributed by atoms with Gasteiger partial charge in [-0.1, -0.05) is 0 Å². The Kier molecular flexibility index (Phi) is 4.55. The van der Waals surface area contributed by atoms with Crippen molar-refractivity contribution in [2.75, 3.05) is 30.9 Å². The fourth-order valence-electron chi connectivity index (χ4n) is 1.62. The number of amides is 1. The summed E-state index contributed by atoms with van der Waals surface area (Å²) in [5, 5.41) is 2.78. The molecule has 5 heteroatoms. The maximum Gasteiger partial charge on any atom is 0.262 e. The van der Waals surface area contributed by atoms with E-state index < -0.39 is 0 Å². The van der Waals surface area contributed by atoms with Crippen LogP contribution in [0.25, 0.3) is 0 Å². The van der Waals surface area contributed by atoms with Gasteiger partial charge in [0.2, 0.25) is 0 Å². The topological polar surface area (TPSA) is 54.5 Å². The summed E-state index contributed by atoms with van der Waals surface area (Å²) in [6.07, 6.45) is 3.22. The summed E-state index contributed by atoms with van der Waals surface area (Å²) in [7, 11) is 3.94. The Morgan fingerprint density at radius 2 is 2.00 bits per heavy atom. The molecule has 1 N–H and O–H groups in total. The molecule has 0 saturated carbocycles. The van der Waals surface area contributed by atoms with Crippen molar-refractivity contribution in [1.82, 2.24) is 4.98 Å². The normalized spacial score (nSPS) is 9.90. The maximum absolute atomic E-state index is 11.7. The van der Waals surface area contributed by atoms with Crippen LogP contribution in [0.4, 0.5) is 11.4 Å². The Morgan fingerprint density at radius 1 is 1.25 bits per heavy atom. The van der Waals surface area contributed by atoms with Crippen LogP contribution in [0.15, 0.2) is 48.8 Å². The molecule has 0 atom stereocenters. The Morgan fingerprint density at radius 3 is 2.60 bits per heavy atom. The lowest BCUT2D eigenvalue weighted by Crippen LogP contribution is -2.20. The number of nitrogens with zero attached hydrogens (tertiary/aromatic N) is 2. The number of pyridine rings is 1. The quantitative estimate of drug-likeness (QED) is 0.905. The van der Waals surface area contributed by atoms with Crippen molar-refractivity contribution in [3.8, 4) is 5.75 Å². The average Bonchev–Trinajstić information content (AvgIpc) is 2.47. The van der Waals surface area contributed by atoms with Crippen molar-refractivity contribution in [2.45, 2.75) is 0 Å². The number of ether oxygens (including phenoxy) is 1. The zero-order valence-corrected chi connectivity index (χ0v) is 11.5. The highest BCUT2D eigenvalue weighted by atomic mass is 16.5. The van der Waals surface area contributed by atoms with Crippen molar-refractivity contribution in [2.24, 2.45) is 0 Å². The summed E-state index contributed by atoms with van der Waals surface area (Å²) in [5.41, 5.74) is 1.82. The van der Waals surface area contributed by atoms with Crippen LogP contribution in [-0.4, -0.2) is 31.6 Å². The van der Waals surface area contributed by atoms with Gasteiger partial charge in [-0.05, 0) is 36.4 Å². The van der Waals surface area contributed by atoms with E-state index in [-0.39, 0.29) is 12.5 Å². The first-order valence-electron chi connectivity index (χ1n) is 6.25. The molecule has 0 radical (unpaired) electrons. The molecule has 2 rings (SSSR count). The average molecular weight is 271 g/mol. The van der Waals surface area contributed by atoms with Crippen LogP contribution >= 0.6 is 0 Å². The second-order valence-corrected chi connectivity index (χ2v) is 4.47. The van der Waals surface area contributed by atoms with E-state index in [4.69, 9.17) is 4.74 Å². The van der Waals surface area contributed by atoms with E-state index in [0.29, 0.717) is 5.75 Å². The first-order chi connectivity index (χ1) is 9.65. The van der Waals surface area contributed by atoms with Crippen molar-refractivity contribution in [3.05, 3.63) is 48.8 Å². The predicted octanol–water partition coefficient (Wildman–Crippen LogP) is 2.17. The smallest absolute Gasteiger partial charge is 0.262 e. The zero-order chi connectivity index (χ0) is 14.4. The van der Waals surface area contributed by atoms with Gasteiger partial charge in [0.05, 0.1) is 6.20 Å². The van der Waals surface area contributed by atoms with Gasteiger partial charge in [-0.15, -0.1) is 0 Å². The fourth-order valence-corrected chi connectivity index (χ4v) is 1.62. The Hall–Kier alpha value is -2.56. The first kappa shape index (κ1) is 13.9. The van der Waals surface area contributed by atoms with Crippen molar-refractivity contribution in [3.63, 3.8) is 0 Å². The number of hydrogen-bond acceptors (Lipinski definition) is 4. The van der Waals surface area contributed by atoms with E-state index in [0.717, 1.165) is 11.4 Å². The SMILES string of the molecule is CN(C)c1ccc(NC(=O)COc2cccnc2)cc1. The van der Waals surface area contributed by atoms with Crippen molar-refractivity contribution < 1.29 is 9.53 Å². The summed E-state index contributed by atoms with van der Waals surface area (Å²) >= 11 is 0. The number of nitrogens with one attached hydrogen (secondary N) is 1. The number of rotatable bonds is 5. The molecule has 1 heterocycles. The van der Waals surface area contributed by atoms with Gasteiger partial charge >= 0.3 is 0 Å². The van der Waals surface area contributed by atoms with Gasteiger partial charge in [0.15, 0.2) is 6.61 Å². The molecule has 104 valence electrons. The molecule has 0 fully saturated rings. The molecular weight excluding hydrogens is 254 g/mol. The van der Waals surface area contributed by atoms with E-state index in [1.165, 1.54) is 0 Å². The molecule has 1 amide bonds. The molecule has 0 saturated heterocycles. The second-order valence-electron chi connectivity index (χ2n) is 4.47. The van der Waals surface area contributed by atoms with E-state index >= 15 is 0 Å². The Labute approximate surface area is 118 Å². The molecule has 0 bridgehead atoms. The summed E-state index contributed by atoms with van der Waals surface area (Å²) in [6, 6.07) is 11.1. The van der Waals surface area contributed by atoms with Crippen LogP contribution in [-0.2, 0) is 4.79 Å². The first-order valence-corrected chi connectivity index (χ1v) is 6.25. The Balaban J connectivity index is 1.85.